The third-order valence-electron chi connectivity index (χ3n) is 4.73. The van der Waals surface area contributed by atoms with Crippen molar-refractivity contribution in [2.45, 2.75) is 12.0 Å². The number of urea groups is 1. The minimum atomic E-state index is -1.21. The van der Waals surface area contributed by atoms with E-state index in [2.05, 4.69) is 5.32 Å². The van der Waals surface area contributed by atoms with Gasteiger partial charge in [0.2, 0.25) is 0 Å². The molecule has 7 heteroatoms. The Hall–Kier alpha value is -3.22. The average molecular weight is 354 g/mol. The van der Waals surface area contributed by atoms with Crippen molar-refractivity contribution in [1.29, 1.82) is 0 Å². The molecular weight excluding hydrogens is 339 g/mol. The number of amides is 3. The first-order valence-corrected chi connectivity index (χ1v) is 8.16. The quantitative estimate of drug-likeness (QED) is 0.678. The fraction of sp³-hybridized carbons (Fsp3) is 0.211. The second kappa shape index (κ2) is 5.94. The molecule has 4 rings (SSSR count). The first-order chi connectivity index (χ1) is 12.5. The Kier molecular flexibility index (Phi) is 3.72. The van der Waals surface area contributed by atoms with Gasteiger partial charge < -0.3 is 10.1 Å². The number of para-hydroxylation sites is 1. The highest BCUT2D eigenvalue weighted by Crippen LogP contribution is 2.40. The number of carbonyl (C=O) groups excluding carboxylic acids is 3. The Labute approximate surface area is 148 Å². The molecule has 132 valence electrons. The molecule has 0 aliphatic carbocycles. The van der Waals surface area contributed by atoms with E-state index in [9.17, 15) is 18.8 Å². The summed E-state index contributed by atoms with van der Waals surface area (Å²) in [5, 5.41) is 2.74. The summed E-state index contributed by atoms with van der Waals surface area (Å²) in [5.74, 6) is -0.840. The van der Waals surface area contributed by atoms with Gasteiger partial charge in [-0.15, -0.1) is 0 Å². The summed E-state index contributed by atoms with van der Waals surface area (Å²) in [6, 6.07) is 11.4. The average Bonchev–Trinajstić information content (AvgIpc) is 2.87. The van der Waals surface area contributed by atoms with Gasteiger partial charge in [-0.1, -0.05) is 18.2 Å². The van der Waals surface area contributed by atoms with Crippen molar-refractivity contribution in [1.82, 2.24) is 10.2 Å². The van der Waals surface area contributed by atoms with Gasteiger partial charge in [0, 0.05) is 17.5 Å². The monoisotopic (exact) mass is 354 g/mol. The largest absolute Gasteiger partial charge is 0.493 e. The maximum absolute atomic E-state index is 13.1. The Balaban J connectivity index is 1.63. The smallest absolute Gasteiger partial charge is 0.325 e. The van der Waals surface area contributed by atoms with E-state index in [4.69, 9.17) is 4.74 Å². The van der Waals surface area contributed by atoms with Gasteiger partial charge in [0.25, 0.3) is 5.91 Å². The molecule has 1 fully saturated rings. The highest BCUT2D eigenvalue weighted by atomic mass is 19.1. The highest BCUT2D eigenvalue weighted by Gasteiger charge is 2.55. The van der Waals surface area contributed by atoms with Gasteiger partial charge in [-0.25, -0.2) is 9.18 Å². The van der Waals surface area contributed by atoms with Crippen LogP contribution in [0.25, 0.3) is 0 Å². The molecule has 0 unspecified atom stereocenters. The SMILES string of the molecule is O=C(CN1C(=O)N[C@@]2(CCOc3ccccc32)C1=O)c1ccc(F)cc1. The molecule has 0 aromatic heterocycles. The summed E-state index contributed by atoms with van der Waals surface area (Å²) >= 11 is 0. The summed E-state index contributed by atoms with van der Waals surface area (Å²) in [6.45, 7) is -0.121. The Morgan fingerprint density at radius 2 is 1.88 bits per heavy atom. The maximum atomic E-state index is 13.1. The lowest BCUT2D eigenvalue weighted by Crippen LogP contribution is -2.47. The van der Waals surface area contributed by atoms with E-state index in [1.54, 1.807) is 24.3 Å². The normalized spacial score (nSPS) is 21.3. The van der Waals surface area contributed by atoms with E-state index >= 15 is 0 Å². The zero-order valence-corrected chi connectivity index (χ0v) is 13.7. The lowest BCUT2D eigenvalue weighted by Gasteiger charge is -2.33. The molecule has 2 heterocycles. The maximum Gasteiger partial charge on any atom is 0.325 e. The van der Waals surface area contributed by atoms with Crippen LogP contribution in [0.4, 0.5) is 9.18 Å². The predicted octanol–water partition coefficient (Wildman–Crippen LogP) is 2.24. The second-order valence-corrected chi connectivity index (χ2v) is 6.25. The lowest BCUT2D eigenvalue weighted by molar-refractivity contribution is -0.132. The molecule has 2 aromatic rings. The van der Waals surface area contributed by atoms with Crippen molar-refractivity contribution in [2.24, 2.45) is 0 Å². The zero-order valence-electron chi connectivity index (χ0n) is 13.7. The summed E-state index contributed by atoms with van der Waals surface area (Å²) in [5.41, 5.74) is -0.392. The molecule has 1 N–H and O–H groups in total. The van der Waals surface area contributed by atoms with E-state index in [-0.39, 0.29) is 18.6 Å². The number of halogens is 1. The first kappa shape index (κ1) is 16.3. The third kappa shape index (κ3) is 2.44. The number of carbonyl (C=O) groups is 3. The Bertz CT molecular complexity index is 912. The van der Waals surface area contributed by atoms with Gasteiger partial charge in [0.1, 0.15) is 11.6 Å². The molecule has 0 radical (unpaired) electrons. The lowest BCUT2D eigenvalue weighted by atomic mass is 9.84. The van der Waals surface area contributed by atoms with Crippen molar-refractivity contribution in [3.05, 3.63) is 65.5 Å². The van der Waals surface area contributed by atoms with Crippen LogP contribution in [0.2, 0.25) is 0 Å². The van der Waals surface area contributed by atoms with Crippen molar-refractivity contribution < 1.29 is 23.5 Å². The van der Waals surface area contributed by atoms with E-state index in [0.717, 1.165) is 17.0 Å². The van der Waals surface area contributed by atoms with Crippen LogP contribution in [0.3, 0.4) is 0 Å². The van der Waals surface area contributed by atoms with Crippen molar-refractivity contribution in [3.63, 3.8) is 0 Å². The number of fused-ring (bicyclic) bond motifs is 2. The zero-order chi connectivity index (χ0) is 18.3. The predicted molar refractivity (Wildman–Crippen MR) is 89.2 cm³/mol. The van der Waals surface area contributed by atoms with Gasteiger partial charge in [-0.2, -0.15) is 0 Å². The number of ether oxygens (including phenoxy) is 1. The van der Waals surface area contributed by atoms with Crippen LogP contribution in [0.15, 0.2) is 48.5 Å². The second-order valence-electron chi connectivity index (χ2n) is 6.25. The molecule has 3 amide bonds. The standard InChI is InChI=1S/C19H15FN2O4/c20-13-7-5-12(6-8-13)15(23)11-22-17(24)19(21-18(22)25)9-10-26-16-4-2-1-3-14(16)19/h1-8H,9-11H2,(H,21,25)/t19-/m1/s1. The summed E-state index contributed by atoms with van der Waals surface area (Å²) in [7, 11) is 0. The molecule has 2 aliphatic heterocycles. The number of nitrogens with zero attached hydrogens (tertiary/aromatic N) is 1. The number of ketones is 1. The Morgan fingerprint density at radius 3 is 2.65 bits per heavy atom. The van der Waals surface area contributed by atoms with Gasteiger partial charge >= 0.3 is 6.03 Å². The molecule has 2 aromatic carbocycles. The third-order valence-corrected chi connectivity index (χ3v) is 4.73. The fourth-order valence-electron chi connectivity index (χ4n) is 3.39. The number of hydrogen-bond donors (Lipinski definition) is 1. The number of rotatable bonds is 3. The number of Topliss-reactive ketones (excluding diaryl/α,β-unsaturated/α-hetero) is 1. The van der Waals surface area contributed by atoms with Gasteiger partial charge in [0.15, 0.2) is 11.3 Å². The fourth-order valence-corrected chi connectivity index (χ4v) is 3.39. The van der Waals surface area contributed by atoms with Crippen LogP contribution < -0.4 is 10.1 Å². The van der Waals surface area contributed by atoms with Crippen LogP contribution in [0.1, 0.15) is 22.3 Å². The van der Waals surface area contributed by atoms with Crippen LogP contribution in [0, 0.1) is 5.82 Å². The minimum absolute atomic E-state index is 0.236. The number of benzene rings is 2. The Morgan fingerprint density at radius 1 is 1.15 bits per heavy atom. The minimum Gasteiger partial charge on any atom is -0.493 e. The topological polar surface area (TPSA) is 75.7 Å². The number of hydrogen-bond acceptors (Lipinski definition) is 4. The van der Waals surface area contributed by atoms with Crippen molar-refractivity contribution in [3.8, 4) is 5.75 Å². The van der Waals surface area contributed by atoms with E-state index < -0.39 is 35.6 Å². The highest BCUT2D eigenvalue weighted by molar-refractivity contribution is 6.11. The molecular formula is C19H15FN2O4. The summed E-state index contributed by atoms with van der Waals surface area (Å²) in [4.78, 5) is 38.8. The molecule has 1 spiro atoms. The molecule has 6 nitrogen and oxygen atoms in total. The summed E-state index contributed by atoms with van der Waals surface area (Å²) in [6.07, 6.45) is 0.288. The van der Waals surface area contributed by atoms with Crippen LogP contribution in [-0.4, -0.2) is 35.8 Å². The number of nitrogens with one attached hydrogen (secondary N) is 1. The molecule has 1 saturated heterocycles. The van der Waals surface area contributed by atoms with Crippen LogP contribution in [-0.2, 0) is 10.3 Å². The molecule has 0 saturated carbocycles. The van der Waals surface area contributed by atoms with Crippen LogP contribution in [0.5, 0.6) is 5.75 Å². The van der Waals surface area contributed by atoms with Crippen molar-refractivity contribution >= 4 is 17.7 Å². The number of imide groups is 1. The first-order valence-electron chi connectivity index (χ1n) is 8.16. The molecule has 0 bridgehead atoms. The van der Waals surface area contributed by atoms with Crippen LogP contribution >= 0.6 is 0 Å². The molecule has 26 heavy (non-hydrogen) atoms. The molecule has 2 aliphatic rings. The molecule has 1 atom stereocenters. The summed E-state index contributed by atoms with van der Waals surface area (Å²) < 4.78 is 18.6. The van der Waals surface area contributed by atoms with Gasteiger partial charge in [-0.3, -0.25) is 14.5 Å². The van der Waals surface area contributed by atoms with E-state index in [1.165, 1.54) is 12.1 Å². The van der Waals surface area contributed by atoms with Gasteiger partial charge in [0.05, 0.1) is 13.2 Å². The van der Waals surface area contributed by atoms with Gasteiger partial charge in [-0.05, 0) is 30.3 Å². The van der Waals surface area contributed by atoms with E-state index in [1.807, 2.05) is 0 Å². The van der Waals surface area contributed by atoms with E-state index in [0.29, 0.717) is 11.3 Å². The van der Waals surface area contributed by atoms with Crippen molar-refractivity contribution in [2.75, 3.05) is 13.2 Å².